The van der Waals surface area contributed by atoms with E-state index in [1.165, 1.54) is 5.56 Å². The number of fused-ring (bicyclic) bond motifs is 1. The quantitative estimate of drug-likeness (QED) is 0.402. The third-order valence-corrected chi connectivity index (χ3v) is 4.68. The van der Waals surface area contributed by atoms with E-state index in [1.807, 2.05) is 74.5 Å². The van der Waals surface area contributed by atoms with Gasteiger partial charge in [-0.1, -0.05) is 42.0 Å². The van der Waals surface area contributed by atoms with E-state index < -0.39 is 0 Å². The summed E-state index contributed by atoms with van der Waals surface area (Å²) in [6.45, 7) is 3.90. The van der Waals surface area contributed by atoms with Crippen LogP contribution in [0.3, 0.4) is 0 Å². The zero-order valence-electron chi connectivity index (χ0n) is 16.5. The Labute approximate surface area is 168 Å². The minimum Gasteiger partial charge on any atom is -0.382 e. The maximum absolute atomic E-state index is 6.03. The van der Waals surface area contributed by atoms with Crippen LogP contribution in [-0.2, 0) is 7.05 Å². The smallest absolute Gasteiger partial charge is 0.150 e. The van der Waals surface area contributed by atoms with Crippen molar-refractivity contribution in [2.45, 2.75) is 13.8 Å². The second-order valence-electron chi connectivity index (χ2n) is 6.83. The van der Waals surface area contributed by atoms with Crippen molar-refractivity contribution in [1.82, 2.24) is 9.78 Å². The van der Waals surface area contributed by atoms with Gasteiger partial charge >= 0.3 is 0 Å². The molecule has 4 rings (SSSR count). The van der Waals surface area contributed by atoms with Gasteiger partial charge in [-0.15, -0.1) is 15.3 Å². The highest BCUT2D eigenvalue weighted by Crippen LogP contribution is 2.36. The third-order valence-electron chi connectivity index (χ3n) is 4.68. The fraction of sp³-hybridized carbons (Fsp3) is 0.136. The lowest BCUT2D eigenvalue weighted by atomic mass is 10.1. The Morgan fingerprint density at radius 1 is 0.759 bits per heavy atom. The standard InChI is InChI=1S/C22H21N7/c1-14-8-10-16(11-9-14)24-25-19-12-13-20(18-7-5-4-6-17(18)19)26-27-21-15(2)28-29(3)22(21)23/h4-13H,23H2,1-3H3. The summed E-state index contributed by atoms with van der Waals surface area (Å²) >= 11 is 0. The molecule has 1 heterocycles. The van der Waals surface area contributed by atoms with E-state index in [2.05, 4.69) is 25.6 Å². The lowest BCUT2D eigenvalue weighted by molar-refractivity contribution is 0.767. The van der Waals surface area contributed by atoms with Gasteiger partial charge in [0.05, 0.1) is 22.8 Å². The summed E-state index contributed by atoms with van der Waals surface area (Å²) in [5.41, 5.74) is 10.9. The Kier molecular flexibility index (Phi) is 4.87. The first kappa shape index (κ1) is 18.5. The van der Waals surface area contributed by atoms with Crippen LogP contribution in [0.15, 0.2) is 81.1 Å². The van der Waals surface area contributed by atoms with Gasteiger partial charge in [0.1, 0.15) is 5.82 Å². The molecule has 7 nitrogen and oxygen atoms in total. The lowest BCUT2D eigenvalue weighted by Crippen LogP contribution is -1.96. The van der Waals surface area contributed by atoms with Crippen LogP contribution in [0.5, 0.6) is 0 Å². The molecule has 0 amide bonds. The molecule has 0 saturated carbocycles. The molecule has 0 bridgehead atoms. The fourth-order valence-corrected chi connectivity index (χ4v) is 3.06. The van der Waals surface area contributed by atoms with Gasteiger partial charge in [0.15, 0.2) is 5.69 Å². The Morgan fingerprint density at radius 3 is 1.90 bits per heavy atom. The highest BCUT2D eigenvalue weighted by atomic mass is 15.3. The number of azo groups is 2. The van der Waals surface area contributed by atoms with E-state index in [1.54, 1.807) is 11.7 Å². The SMILES string of the molecule is Cc1ccc(N=Nc2ccc(N=Nc3c(C)nn(C)c3N)c3ccccc23)cc1. The van der Waals surface area contributed by atoms with Crippen LogP contribution in [0.1, 0.15) is 11.3 Å². The van der Waals surface area contributed by atoms with E-state index in [0.717, 1.165) is 33.5 Å². The second-order valence-corrected chi connectivity index (χ2v) is 6.83. The molecule has 29 heavy (non-hydrogen) atoms. The highest BCUT2D eigenvalue weighted by Gasteiger charge is 2.10. The molecule has 0 aliphatic rings. The zero-order chi connectivity index (χ0) is 20.4. The van der Waals surface area contributed by atoms with Gasteiger partial charge in [0.25, 0.3) is 0 Å². The summed E-state index contributed by atoms with van der Waals surface area (Å²) in [6, 6.07) is 19.6. The van der Waals surface area contributed by atoms with Gasteiger partial charge in [0.2, 0.25) is 0 Å². The van der Waals surface area contributed by atoms with Gasteiger partial charge in [0, 0.05) is 17.8 Å². The molecule has 0 spiro atoms. The van der Waals surface area contributed by atoms with Crippen LogP contribution in [0, 0.1) is 13.8 Å². The number of anilines is 1. The van der Waals surface area contributed by atoms with Crippen LogP contribution < -0.4 is 5.73 Å². The number of hydrogen-bond donors (Lipinski definition) is 1. The number of nitrogens with two attached hydrogens (primary N) is 1. The summed E-state index contributed by atoms with van der Waals surface area (Å²) in [6.07, 6.45) is 0. The predicted molar refractivity (Wildman–Crippen MR) is 116 cm³/mol. The van der Waals surface area contributed by atoms with Crippen LogP contribution in [0.25, 0.3) is 10.8 Å². The molecule has 3 aromatic carbocycles. The van der Waals surface area contributed by atoms with Gasteiger partial charge in [-0.2, -0.15) is 10.2 Å². The molecule has 144 valence electrons. The number of hydrogen-bond acceptors (Lipinski definition) is 6. The van der Waals surface area contributed by atoms with Crippen molar-refractivity contribution < 1.29 is 0 Å². The molecule has 0 unspecified atom stereocenters. The average Bonchev–Trinajstić information content (AvgIpc) is 2.97. The lowest BCUT2D eigenvalue weighted by Gasteiger charge is -2.04. The van der Waals surface area contributed by atoms with Crippen LogP contribution in [-0.4, -0.2) is 9.78 Å². The van der Waals surface area contributed by atoms with E-state index >= 15 is 0 Å². The van der Waals surface area contributed by atoms with Crippen molar-refractivity contribution >= 4 is 39.3 Å². The number of aromatic nitrogens is 2. The fourth-order valence-electron chi connectivity index (χ4n) is 3.06. The largest absolute Gasteiger partial charge is 0.382 e. The van der Waals surface area contributed by atoms with Gasteiger partial charge in [-0.3, -0.25) is 4.68 Å². The zero-order valence-corrected chi connectivity index (χ0v) is 16.5. The normalized spacial score (nSPS) is 11.8. The van der Waals surface area contributed by atoms with Crippen molar-refractivity contribution in [1.29, 1.82) is 0 Å². The molecule has 1 aromatic heterocycles. The molecule has 0 saturated heterocycles. The van der Waals surface area contributed by atoms with Crippen molar-refractivity contribution in [3.8, 4) is 0 Å². The Hall–Kier alpha value is -3.87. The topological polar surface area (TPSA) is 93.3 Å². The molecule has 0 atom stereocenters. The Morgan fingerprint density at radius 2 is 1.34 bits per heavy atom. The van der Waals surface area contributed by atoms with E-state index in [-0.39, 0.29) is 0 Å². The third kappa shape index (κ3) is 3.75. The molecule has 0 fully saturated rings. The molecular weight excluding hydrogens is 362 g/mol. The van der Waals surface area contributed by atoms with Crippen molar-refractivity contribution in [3.63, 3.8) is 0 Å². The summed E-state index contributed by atoms with van der Waals surface area (Å²) in [4.78, 5) is 0. The van der Waals surface area contributed by atoms with E-state index in [0.29, 0.717) is 11.5 Å². The molecular formula is C22H21N7. The minimum absolute atomic E-state index is 0.485. The Bertz CT molecular complexity index is 1230. The first-order valence-corrected chi connectivity index (χ1v) is 9.24. The van der Waals surface area contributed by atoms with Crippen LogP contribution >= 0.6 is 0 Å². The van der Waals surface area contributed by atoms with Crippen LogP contribution in [0.2, 0.25) is 0 Å². The van der Waals surface area contributed by atoms with E-state index in [4.69, 9.17) is 5.73 Å². The molecule has 2 N–H and O–H groups in total. The summed E-state index contributed by atoms with van der Waals surface area (Å²) in [5.74, 6) is 0.485. The van der Waals surface area contributed by atoms with Gasteiger partial charge < -0.3 is 5.73 Å². The maximum Gasteiger partial charge on any atom is 0.150 e. The van der Waals surface area contributed by atoms with Crippen molar-refractivity contribution in [2.24, 2.45) is 27.5 Å². The highest BCUT2D eigenvalue weighted by molar-refractivity contribution is 5.99. The predicted octanol–water partition coefficient (Wildman–Crippen LogP) is 6.60. The monoisotopic (exact) mass is 383 g/mol. The second kappa shape index (κ2) is 7.63. The van der Waals surface area contributed by atoms with E-state index in [9.17, 15) is 0 Å². The van der Waals surface area contributed by atoms with Crippen molar-refractivity contribution in [3.05, 3.63) is 71.9 Å². The number of benzene rings is 3. The number of nitrogens with zero attached hydrogens (tertiary/aromatic N) is 6. The summed E-state index contributed by atoms with van der Waals surface area (Å²) in [7, 11) is 1.78. The summed E-state index contributed by atoms with van der Waals surface area (Å²) < 4.78 is 1.59. The molecule has 0 aliphatic carbocycles. The molecule has 0 aliphatic heterocycles. The van der Waals surface area contributed by atoms with Crippen LogP contribution in [0.4, 0.5) is 28.6 Å². The first-order valence-electron chi connectivity index (χ1n) is 9.24. The van der Waals surface area contributed by atoms with Crippen molar-refractivity contribution in [2.75, 3.05) is 5.73 Å². The van der Waals surface area contributed by atoms with Gasteiger partial charge in [-0.05, 0) is 38.1 Å². The first-order chi connectivity index (χ1) is 14.0. The van der Waals surface area contributed by atoms with Gasteiger partial charge in [-0.25, -0.2) is 0 Å². The molecule has 7 heteroatoms. The number of rotatable bonds is 4. The summed E-state index contributed by atoms with van der Waals surface area (Å²) in [5, 5.41) is 23.7. The number of aryl methyl sites for hydroxylation is 3. The molecule has 0 radical (unpaired) electrons. The Balaban J connectivity index is 1.72. The maximum atomic E-state index is 6.03. The average molecular weight is 383 g/mol. The number of nitrogen functional groups attached to an aromatic ring is 1. The minimum atomic E-state index is 0.485. The molecule has 4 aromatic rings.